The van der Waals surface area contributed by atoms with Crippen molar-refractivity contribution in [3.05, 3.63) is 41.1 Å². The van der Waals surface area contributed by atoms with E-state index in [-0.39, 0.29) is 24.8 Å². The molecule has 0 aromatic rings. The fourth-order valence-electron chi connectivity index (χ4n) is 4.63. The number of allylic oxidation sites excluding steroid dienone is 8. The van der Waals surface area contributed by atoms with Gasteiger partial charge >= 0.3 is 128 Å². The molecule has 2 rings (SSSR count). The average Bonchev–Trinajstić information content (AvgIpc) is 2.92. The first-order valence-electron chi connectivity index (χ1n) is 8.04. The van der Waals surface area contributed by atoms with Gasteiger partial charge < -0.3 is 0 Å². The Balaban J connectivity index is 0.00000220. The fraction of sp³-hybridized carbons (Fsp3) is 0.556. The topological polar surface area (TPSA) is 0 Å². The van der Waals surface area contributed by atoms with E-state index < -0.39 is 17.1 Å². The Morgan fingerprint density at radius 1 is 0.818 bits per heavy atom. The summed E-state index contributed by atoms with van der Waals surface area (Å²) in [5.74, 6) is 0. The fourth-order valence-corrected chi connectivity index (χ4v) is 33.8. The normalized spacial score (nSPS) is 18.9. The molecule has 0 aromatic carbocycles. The summed E-state index contributed by atoms with van der Waals surface area (Å²) < 4.78 is 6.65. The maximum absolute atomic E-state index is 3.10. The Hall–Kier alpha value is 0.627. The minimum absolute atomic E-state index is 0. The molecule has 0 aromatic heterocycles. The second-order valence-corrected chi connectivity index (χ2v) is 44.6. The first-order chi connectivity index (χ1) is 9.25. The molecule has 0 heterocycles. The van der Waals surface area contributed by atoms with Crippen LogP contribution in [0.2, 0.25) is 8.35 Å². The number of hydrogen-bond donors (Lipinski definition) is 0. The zero-order valence-corrected chi connectivity index (χ0v) is 21.6. The van der Waals surface area contributed by atoms with Crippen molar-refractivity contribution in [2.24, 2.45) is 0 Å². The first kappa shape index (κ1) is 22.6. The number of rotatable bonds is 4. The van der Waals surface area contributed by atoms with Gasteiger partial charge in [0.1, 0.15) is 0 Å². The second-order valence-electron chi connectivity index (χ2n) is 7.30. The standard InChI is InChI=1S/2C7H9.2C2H5.2ClH.Hf.H2Si/c2*1-6-3-4-7(2)5-6;2*1-2;;;;/h2*5H,3H2,1-2H3;2*1H2,2H3;2*1H;;1H2. The van der Waals surface area contributed by atoms with Crippen molar-refractivity contribution in [1.82, 2.24) is 0 Å². The summed E-state index contributed by atoms with van der Waals surface area (Å²) >= 11 is -3.10. The van der Waals surface area contributed by atoms with Crippen LogP contribution in [0.1, 0.15) is 54.4 Å². The molecule has 0 atom stereocenters. The van der Waals surface area contributed by atoms with Crippen molar-refractivity contribution < 1.29 is 17.1 Å². The SMILES string of the molecule is C[CH2][Hf](=[SiH2])([CH2]C)([C]1=C(C)C=C(C)C1)[C]1=C(C)C=C(C)C1.Cl.Cl. The summed E-state index contributed by atoms with van der Waals surface area (Å²) in [6.45, 7) is 16.8. The Kier molecular flexibility index (Phi) is 7.89. The molecule has 0 saturated heterocycles. The number of halogens is 2. The molecule has 0 spiro atoms. The van der Waals surface area contributed by atoms with Crippen LogP contribution < -0.4 is 0 Å². The van der Waals surface area contributed by atoms with E-state index in [1.807, 2.05) is 6.66 Å². The van der Waals surface area contributed by atoms with Gasteiger partial charge in [0.05, 0.1) is 0 Å². The minimum Gasteiger partial charge on any atom is -0.147 e. The summed E-state index contributed by atoms with van der Waals surface area (Å²) in [5.41, 5.74) is 6.38. The van der Waals surface area contributed by atoms with E-state index in [1.54, 1.807) is 22.3 Å². The van der Waals surface area contributed by atoms with Gasteiger partial charge in [0.15, 0.2) is 0 Å². The third-order valence-corrected chi connectivity index (χ3v) is 49.0. The Bertz CT molecular complexity index is 592. The molecule has 126 valence electrons. The summed E-state index contributed by atoms with van der Waals surface area (Å²) in [6.07, 6.45) is 7.44. The van der Waals surface area contributed by atoms with Crippen molar-refractivity contribution >= 4 is 31.8 Å². The van der Waals surface area contributed by atoms with Gasteiger partial charge in [0, 0.05) is 0 Å². The first-order valence-corrected chi connectivity index (χ1v) is 25.0. The molecule has 0 unspecified atom stereocenters. The predicted octanol–water partition coefficient (Wildman–Crippen LogP) is 6.19. The predicted molar refractivity (Wildman–Crippen MR) is 106 cm³/mol. The Labute approximate surface area is 151 Å². The smallest absolute Gasteiger partial charge is 0.147 e. The molecule has 0 radical (unpaired) electrons. The molecule has 22 heavy (non-hydrogen) atoms. The van der Waals surface area contributed by atoms with Gasteiger partial charge in [-0.25, -0.2) is 0 Å². The van der Waals surface area contributed by atoms with Crippen LogP contribution in [0, 0.1) is 0 Å². The molecule has 0 N–H and O–H groups in total. The van der Waals surface area contributed by atoms with E-state index in [0.717, 1.165) is 0 Å². The van der Waals surface area contributed by atoms with Crippen LogP contribution in [-0.4, -0.2) is 6.94 Å². The summed E-state index contributed by atoms with van der Waals surface area (Å²) in [5, 5.41) is 0. The van der Waals surface area contributed by atoms with Gasteiger partial charge in [-0.3, -0.25) is 0 Å². The van der Waals surface area contributed by atoms with Crippen LogP contribution in [0.5, 0.6) is 0 Å². The van der Waals surface area contributed by atoms with E-state index in [4.69, 9.17) is 0 Å². The van der Waals surface area contributed by atoms with Gasteiger partial charge in [-0.1, -0.05) is 0 Å². The molecule has 0 saturated carbocycles. The second kappa shape index (κ2) is 7.67. The zero-order chi connectivity index (χ0) is 15.2. The van der Waals surface area contributed by atoms with Gasteiger partial charge in [-0.15, -0.1) is 24.8 Å². The van der Waals surface area contributed by atoms with Crippen LogP contribution >= 0.6 is 24.8 Å². The third-order valence-electron chi connectivity index (χ3n) is 6.08. The molecule has 2 aliphatic rings. The summed E-state index contributed by atoms with van der Waals surface area (Å²) in [4.78, 5) is 0. The van der Waals surface area contributed by atoms with Crippen LogP contribution in [0.4, 0.5) is 0 Å². The van der Waals surface area contributed by atoms with Crippen molar-refractivity contribution in [1.29, 1.82) is 0 Å². The molecule has 2 aliphatic carbocycles. The third kappa shape index (κ3) is 3.36. The van der Waals surface area contributed by atoms with Crippen molar-refractivity contribution in [3.8, 4) is 0 Å². The van der Waals surface area contributed by atoms with Crippen LogP contribution in [0.15, 0.2) is 41.1 Å². The molecular weight excluding hydrogens is 494 g/mol. The van der Waals surface area contributed by atoms with E-state index in [2.05, 4.69) is 60.6 Å². The molecule has 0 amide bonds. The van der Waals surface area contributed by atoms with Gasteiger partial charge in [-0.2, -0.15) is 0 Å². The van der Waals surface area contributed by atoms with E-state index in [1.165, 1.54) is 21.2 Å². The van der Waals surface area contributed by atoms with E-state index >= 15 is 0 Å². The Morgan fingerprint density at radius 3 is 1.32 bits per heavy atom. The van der Waals surface area contributed by atoms with Crippen molar-refractivity contribution in [2.75, 3.05) is 0 Å². The summed E-state index contributed by atoms with van der Waals surface area (Å²) in [6, 6.07) is 0. The molecule has 0 fully saturated rings. The quantitative estimate of drug-likeness (QED) is 0.384. The molecular formula is C18H32Cl2HfSi. The van der Waals surface area contributed by atoms with Crippen LogP contribution in [0.25, 0.3) is 0 Å². The van der Waals surface area contributed by atoms with Crippen molar-refractivity contribution in [3.63, 3.8) is 0 Å². The molecule has 0 aliphatic heterocycles. The van der Waals surface area contributed by atoms with Gasteiger partial charge in [-0.05, 0) is 0 Å². The van der Waals surface area contributed by atoms with Gasteiger partial charge in [0.25, 0.3) is 0 Å². The van der Waals surface area contributed by atoms with Crippen LogP contribution in [-0.2, 0) is 17.1 Å². The zero-order valence-electron chi connectivity index (χ0n) is 15.0. The largest absolute Gasteiger partial charge is 0.147 e. The molecule has 0 bridgehead atoms. The maximum Gasteiger partial charge on any atom is -0.147 e. The minimum atomic E-state index is -3.10. The van der Waals surface area contributed by atoms with Gasteiger partial charge in [0.2, 0.25) is 0 Å². The van der Waals surface area contributed by atoms with Crippen LogP contribution in [0.3, 0.4) is 0 Å². The van der Waals surface area contributed by atoms with E-state index in [9.17, 15) is 0 Å². The molecule has 4 heteroatoms. The average molecular weight is 526 g/mol. The number of hydrogen-bond acceptors (Lipinski definition) is 0. The monoisotopic (exact) mass is 526 g/mol. The maximum atomic E-state index is 2.48. The van der Waals surface area contributed by atoms with Crippen molar-refractivity contribution in [2.45, 2.75) is 62.7 Å². The summed E-state index contributed by atoms with van der Waals surface area (Å²) in [7, 11) is 0. The molecule has 0 nitrogen and oxygen atoms in total. The Morgan fingerprint density at radius 2 is 1.14 bits per heavy atom. The van der Waals surface area contributed by atoms with E-state index in [0.29, 0.717) is 0 Å².